The number of nitrogens with one attached hydrogen (secondary N) is 1. The molecule has 8 heteroatoms. The third kappa shape index (κ3) is 6.68. The summed E-state index contributed by atoms with van der Waals surface area (Å²) in [5.74, 6) is 1.70. The number of thioether (sulfide) groups is 1. The molecule has 0 saturated carbocycles. The first-order valence-corrected chi connectivity index (χ1v) is 11.3. The highest BCUT2D eigenvalue weighted by molar-refractivity contribution is 7.98. The number of likely N-dealkylation sites (N-methyl/N-ethyl adjacent to an activating group) is 1. The van der Waals surface area contributed by atoms with Gasteiger partial charge in [-0.3, -0.25) is 4.79 Å². The molecule has 30 heavy (non-hydrogen) atoms. The average molecular weight is 430 g/mol. The maximum atomic E-state index is 12.2. The first-order chi connectivity index (χ1) is 14.5. The number of anilines is 1. The highest BCUT2D eigenvalue weighted by Crippen LogP contribution is 2.25. The molecule has 1 aromatic carbocycles. The molecule has 1 fully saturated rings. The van der Waals surface area contributed by atoms with Gasteiger partial charge in [0.25, 0.3) is 5.91 Å². The Labute approximate surface area is 183 Å². The molecule has 2 aromatic rings. The van der Waals surface area contributed by atoms with Crippen molar-refractivity contribution in [3.05, 3.63) is 47.2 Å². The highest BCUT2D eigenvalue weighted by Gasteiger charge is 2.16. The number of aromatic nitrogens is 2. The van der Waals surface area contributed by atoms with Crippen LogP contribution < -0.4 is 10.2 Å². The van der Waals surface area contributed by atoms with Gasteiger partial charge >= 0.3 is 0 Å². The van der Waals surface area contributed by atoms with Gasteiger partial charge in [-0.05, 0) is 44.6 Å². The van der Waals surface area contributed by atoms with Crippen molar-refractivity contribution in [1.82, 2.24) is 20.2 Å². The van der Waals surface area contributed by atoms with E-state index < -0.39 is 0 Å². The first-order valence-electron chi connectivity index (χ1n) is 10.3. The molecule has 7 nitrogen and oxygen atoms in total. The largest absolute Gasteiger partial charge is 0.378 e. The summed E-state index contributed by atoms with van der Waals surface area (Å²) < 4.78 is 5.28. The Bertz CT molecular complexity index is 823. The molecule has 1 aromatic heterocycles. The fourth-order valence-corrected chi connectivity index (χ4v) is 4.08. The smallest absolute Gasteiger partial charge is 0.251 e. The summed E-state index contributed by atoms with van der Waals surface area (Å²) in [4.78, 5) is 26.0. The molecule has 0 bridgehead atoms. The molecule has 1 aliphatic rings. The van der Waals surface area contributed by atoms with Gasteiger partial charge in [-0.1, -0.05) is 23.9 Å². The topological polar surface area (TPSA) is 70.6 Å². The van der Waals surface area contributed by atoms with Gasteiger partial charge in [-0.15, -0.1) is 0 Å². The van der Waals surface area contributed by atoms with Gasteiger partial charge in [0.2, 0.25) is 0 Å². The predicted molar refractivity (Wildman–Crippen MR) is 121 cm³/mol. The van der Waals surface area contributed by atoms with Crippen LogP contribution in [0.5, 0.6) is 0 Å². The Morgan fingerprint density at radius 2 is 1.93 bits per heavy atom. The molecule has 2 heterocycles. The van der Waals surface area contributed by atoms with E-state index >= 15 is 0 Å². The van der Waals surface area contributed by atoms with Crippen LogP contribution >= 0.6 is 11.8 Å². The van der Waals surface area contributed by atoms with Crippen LogP contribution in [0.25, 0.3) is 0 Å². The third-order valence-corrected chi connectivity index (χ3v) is 5.81. The standard InChI is InChI=1S/C22H31N5O2S/c1-26(2)13-10-23-21(28)18-8-6-17(7-9-18)16-30-22-24-19(15-29-3)14-20(25-22)27-11-4-5-12-27/h6-9,14H,4-5,10-13,15-16H2,1-3H3,(H,23,28). The highest BCUT2D eigenvalue weighted by atomic mass is 32.2. The zero-order valence-corrected chi connectivity index (χ0v) is 18.9. The van der Waals surface area contributed by atoms with Crippen LogP contribution in [0, 0.1) is 0 Å². The summed E-state index contributed by atoms with van der Waals surface area (Å²) in [7, 11) is 5.66. The molecule has 1 amide bonds. The van der Waals surface area contributed by atoms with Crippen molar-refractivity contribution in [2.75, 3.05) is 52.3 Å². The van der Waals surface area contributed by atoms with E-state index in [0.717, 1.165) is 47.6 Å². The third-order valence-electron chi connectivity index (χ3n) is 4.90. The molecule has 1 aliphatic heterocycles. The minimum atomic E-state index is -0.0399. The molecule has 162 valence electrons. The van der Waals surface area contributed by atoms with Crippen LogP contribution in [0.15, 0.2) is 35.5 Å². The molecule has 0 radical (unpaired) electrons. The second-order valence-corrected chi connectivity index (χ2v) is 8.61. The molecule has 3 rings (SSSR count). The van der Waals surface area contributed by atoms with Crippen molar-refractivity contribution in [2.45, 2.75) is 30.4 Å². The molecular formula is C22H31N5O2S. The fraction of sp³-hybridized carbons (Fsp3) is 0.500. The average Bonchev–Trinajstić information content (AvgIpc) is 3.27. The molecule has 0 unspecified atom stereocenters. The number of benzene rings is 1. The quantitative estimate of drug-likeness (QED) is 0.460. The van der Waals surface area contributed by atoms with Crippen LogP contribution in [0.1, 0.15) is 34.5 Å². The molecule has 1 saturated heterocycles. The minimum Gasteiger partial charge on any atom is -0.378 e. The second kappa shape index (κ2) is 11.3. The van der Waals surface area contributed by atoms with Crippen LogP contribution in [0.2, 0.25) is 0 Å². The zero-order chi connectivity index (χ0) is 21.3. The Morgan fingerprint density at radius 3 is 2.60 bits per heavy atom. The number of rotatable bonds is 10. The van der Waals surface area contributed by atoms with E-state index in [1.807, 2.05) is 49.3 Å². The van der Waals surface area contributed by atoms with Gasteiger partial charge in [0.15, 0.2) is 5.16 Å². The lowest BCUT2D eigenvalue weighted by Gasteiger charge is -2.17. The lowest BCUT2D eigenvalue weighted by atomic mass is 10.1. The van der Waals surface area contributed by atoms with E-state index in [2.05, 4.69) is 15.2 Å². The van der Waals surface area contributed by atoms with Crippen LogP contribution in [-0.4, -0.2) is 68.2 Å². The van der Waals surface area contributed by atoms with E-state index in [-0.39, 0.29) is 5.91 Å². The SMILES string of the molecule is COCc1cc(N2CCCC2)nc(SCc2ccc(C(=O)NCCN(C)C)cc2)n1. The lowest BCUT2D eigenvalue weighted by molar-refractivity contribution is 0.0951. The monoisotopic (exact) mass is 429 g/mol. The van der Waals surface area contributed by atoms with E-state index in [0.29, 0.717) is 18.7 Å². The lowest BCUT2D eigenvalue weighted by Crippen LogP contribution is -2.31. The predicted octanol–water partition coefficient (Wildman–Crippen LogP) is 2.81. The Hall–Kier alpha value is -2.16. The van der Waals surface area contributed by atoms with Crippen molar-refractivity contribution in [1.29, 1.82) is 0 Å². The minimum absolute atomic E-state index is 0.0399. The number of carbonyl (C=O) groups is 1. The Balaban J connectivity index is 1.60. The molecule has 0 atom stereocenters. The Kier molecular flexibility index (Phi) is 8.48. The normalized spacial score (nSPS) is 13.8. The van der Waals surface area contributed by atoms with E-state index in [1.165, 1.54) is 12.8 Å². The Morgan fingerprint density at radius 1 is 1.20 bits per heavy atom. The summed E-state index contributed by atoms with van der Waals surface area (Å²) in [6.07, 6.45) is 2.42. The van der Waals surface area contributed by atoms with Crippen LogP contribution in [0.3, 0.4) is 0 Å². The van der Waals surface area contributed by atoms with Crippen molar-refractivity contribution in [3.8, 4) is 0 Å². The number of methoxy groups -OCH3 is 1. The van der Waals surface area contributed by atoms with Crippen molar-refractivity contribution in [3.63, 3.8) is 0 Å². The maximum absolute atomic E-state index is 12.2. The molecule has 1 N–H and O–H groups in total. The van der Waals surface area contributed by atoms with Gasteiger partial charge in [-0.2, -0.15) is 0 Å². The summed E-state index contributed by atoms with van der Waals surface area (Å²) in [6, 6.07) is 9.77. The summed E-state index contributed by atoms with van der Waals surface area (Å²) in [6.45, 7) is 4.03. The van der Waals surface area contributed by atoms with Crippen molar-refractivity contribution in [2.24, 2.45) is 0 Å². The van der Waals surface area contributed by atoms with Gasteiger partial charge in [0.05, 0.1) is 12.3 Å². The first kappa shape index (κ1) is 22.5. The number of nitrogens with zero attached hydrogens (tertiary/aromatic N) is 4. The number of amides is 1. The van der Waals surface area contributed by atoms with Crippen molar-refractivity contribution < 1.29 is 9.53 Å². The molecular weight excluding hydrogens is 398 g/mol. The van der Waals surface area contributed by atoms with E-state index in [1.54, 1.807) is 18.9 Å². The molecule has 0 aliphatic carbocycles. The van der Waals surface area contributed by atoms with Crippen LogP contribution in [-0.2, 0) is 17.1 Å². The summed E-state index contributed by atoms with van der Waals surface area (Å²) >= 11 is 1.61. The van der Waals surface area contributed by atoms with Gasteiger partial charge in [0, 0.05) is 50.7 Å². The van der Waals surface area contributed by atoms with E-state index in [4.69, 9.17) is 9.72 Å². The number of hydrogen-bond donors (Lipinski definition) is 1. The van der Waals surface area contributed by atoms with Crippen molar-refractivity contribution >= 4 is 23.5 Å². The molecule has 0 spiro atoms. The van der Waals surface area contributed by atoms with Crippen LogP contribution in [0.4, 0.5) is 5.82 Å². The summed E-state index contributed by atoms with van der Waals surface area (Å²) in [5, 5.41) is 3.70. The number of ether oxygens (including phenoxy) is 1. The zero-order valence-electron chi connectivity index (χ0n) is 18.1. The van der Waals surface area contributed by atoms with Gasteiger partial charge in [-0.25, -0.2) is 9.97 Å². The van der Waals surface area contributed by atoms with Gasteiger partial charge in [0.1, 0.15) is 5.82 Å². The van der Waals surface area contributed by atoms with E-state index in [9.17, 15) is 4.79 Å². The second-order valence-electron chi connectivity index (χ2n) is 7.67. The van der Waals surface area contributed by atoms with Gasteiger partial charge < -0.3 is 19.9 Å². The number of hydrogen-bond acceptors (Lipinski definition) is 7. The fourth-order valence-electron chi connectivity index (χ4n) is 3.25. The summed E-state index contributed by atoms with van der Waals surface area (Å²) in [5.41, 5.74) is 2.71. The maximum Gasteiger partial charge on any atom is 0.251 e. The number of carbonyl (C=O) groups excluding carboxylic acids is 1.